The third-order valence-corrected chi connectivity index (χ3v) is 3.86. The molecule has 2 heterocycles. The van der Waals surface area contributed by atoms with Crippen LogP contribution in [0, 0.1) is 0 Å². The second-order valence-corrected chi connectivity index (χ2v) is 5.57. The average molecular weight is 349 g/mol. The first-order valence-electron chi connectivity index (χ1n) is 8.31. The van der Waals surface area contributed by atoms with Crippen LogP contribution in [-0.4, -0.2) is 22.5 Å². The Morgan fingerprint density at radius 1 is 1.12 bits per heavy atom. The molecule has 0 bridgehead atoms. The number of aromatic nitrogens is 2. The minimum Gasteiger partial charge on any atom is -0.494 e. The number of ether oxygens (including phenoxy) is 1. The molecule has 1 aromatic carbocycles. The molecule has 0 radical (unpaired) electrons. The van der Waals surface area contributed by atoms with Gasteiger partial charge >= 0.3 is 0 Å². The van der Waals surface area contributed by atoms with Crippen molar-refractivity contribution in [3.63, 3.8) is 0 Å². The number of carbonyl (C=O) groups excluding carboxylic acids is 1. The van der Waals surface area contributed by atoms with Crippen molar-refractivity contribution in [1.82, 2.24) is 15.3 Å². The first kappa shape index (κ1) is 17.4. The van der Waals surface area contributed by atoms with E-state index in [0.29, 0.717) is 12.3 Å². The van der Waals surface area contributed by atoms with E-state index in [2.05, 4.69) is 15.3 Å². The molecule has 6 heteroatoms. The van der Waals surface area contributed by atoms with Crippen molar-refractivity contribution in [2.75, 3.05) is 6.61 Å². The van der Waals surface area contributed by atoms with Crippen molar-refractivity contribution in [2.45, 2.75) is 13.5 Å². The van der Waals surface area contributed by atoms with E-state index in [1.54, 1.807) is 30.6 Å². The zero-order valence-electron chi connectivity index (χ0n) is 14.4. The summed E-state index contributed by atoms with van der Waals surface area (Å²) in [6.45, 7) is 2.72. The fourth-order valence-corrected chi connectivity index (χ4v) is 2.57. The number of hydrogen-bond acceptors (Lipinski definition) is 4. The number of amides is 1. The largest absolute Gasteiger partial charge is 0.494 e. The lowest BCUT2D eigenvalue weighted by molar-refractivity contribution is 0.0949. The van der Waals surface area contributed by atoms with Gasteiger partial charge in [0, 0.05) is 35.8 Å². The van der Waals surface area contributed by atoms with Crippen molar-refractivity contribution in [2.24, 2.45) is 0 Å². The zero-order valence-corrected chi connectivity index (χ0v) is 14.4. The monoisotopic (exact) mass is 349 g/mol. The van der Waals surface area contributed by atoms with Crippen LogP contribution in [0.4, 0.5) is 0 Å². The molecule has 6 nitrogen and oxygen atoms in total. The fraction of sp³-hybridized carbons (Fsp3) is 0.150. The number of carbonyl (C=O) groups is 1. The van der Waals surface area contributed by atoms with E-state index < -0.39 is 11.5 Å². The minimum absolute atomic E-state index is 0.0664. The Morgan fingerprint density at radius 2 is 1.88 bits per heavy atom. The summed E-state index contributed by atoms with van der Waals surface area (Å²) in [6, 6.07) is 14.3. The second-order valence-electron chi connectivity index (χ2n) is 5.57. The molecule has 0 saturated carbocycles. The van der Waals surface area contributed by atoms with E-state index in [1.807, 2.05) is 31.2 Å². The van der Waals surface area contributed by atoms with Crippen molar-refractivity contribution >= 4 is 5.91 Å². The third kappa shape index (κ3) is 3.97. The van der Waals surface area contributed by atoms with Crippen LogP contribution in [0.2, 0.25) is 0 Å². The summed E-state index contributed by atoms with van der Waals surface area (Å²) in [6.07, 6.45) is 3.29. The maximum Gasteiger partial charge on any atom is 0.261 e. The highest BCUT2D eigenvalue weighted by atomic mass is 16.5. The SMILES string of the molecule is CCOc1ccccc1CNC(=O)c1ccc(-c2ccncc2)[nH]c1=O. The summed E-state index contributed by atoms with van der Waals surface area (Å²) >= 11 is 0. The molecule has 0 aliphatic carbocycles. The molecule has 2 aromatic heterocycles. The van der Waals surface area contributed by atoms with Crippen LogP contribution >= 0.6 is 0 Å². The van der Waals surface area contributed by atoms with Crippen LogP contribution < -0.4 is 15.6 Å². The number of nitrogens with zero attached hydrogens (tertiary/aromatic N) is 1. The van der Waals surface area contributed by atoms with Gasteiger partial charge in [0.05, 0.1) is 6.61 Å². The van der Waals surface area contributed by atoms with E-state index >= 15 is 0 Å². The number of para-hydroxylation sites is 1. The molecule has 2 N–H and O–H groups in total. The highest BCUT2D eigenvalue weighted by Crippen LogP contribution is 2.18. The Morgan fingerprint density at radius 3 is 2.62 bits per heavy atom. The zero-order chi connectivity index (χ0) is 18.4. The lowest BCUT2D eigenvalue weighted by Gasteiger charge is -2.11. The molecule has 132 valence electrons. The Balaban J connectivity index is 1.74. The highest BCUT2D eigenvalue weighted by Gasteiger charge is 2.12. The fourth-order valence-electron chi connectivity index (χ4n) is 2.57. The van der Waals surface area contributed by atoms with E-state index in [-0.39, 0.29) is 12.1 Å². The first-order valence-corrected chi connectivity index (χ1v) is 8.31. The van der Waals surface area contributed by atoms with E-state index in [1.165, 1.54) is 6.07 Å². The van der Waals surface area contributed by atoms with Gasteiger partial charge in [-0.15, -0.1) is 0 Å². The van der Waals surface area contributed by atoms with Gasteiger partial charge in [-0.3, -0.25) is 14.6 Å². The van der Waals surface area contributed by atoms with Crippen molar-refractivity contribution in [3.05, 3.63) is 82.4 Å². The van der Waals surface area contributed by atoms with Gasteiger partial charge in [-0.05, 0) is 37.3 Å². The molecule has 3 aromatic rings. The number of rotatable bonds is 6. The van der Waals surface area contributed by atoms with Crippen LogP contribution in [0.25, 0.3) is 11.3 Å². The predicted octanol–water partition coefficient (Wildman–Crippen LogP) is 2.77. The van der Waals surface area contributed by atoms with Gasteiger partial charge < -0.3 is 15.0 Å². The van der Waals surface area contributed by atoms with Gasteiger partial charge in [0.25, 0.3) is 11.5 Å². The molecule has 26 heavy (non-hydrogen) atoms. The van der Waals surface area contributed by atoms with Crippen molar-refractivity contribution < 1.29 is 9.53 Å². The molecule has 0 aliphatic heterocycles. The average Bonchev–Trinajstić information content (AvgIpc) is 2.68. The quantitative estimate of drug-likeness (QED) is 0.717. The van der Waals surface area contributed by atoms with Crippen LogP contribution in [0.1, 0.15) is 22.8 Å². The van der Waals surface area contributed by atoms with Crippen molar-refractivity contribution in [1.29, 1.82) is 0 Å². The summed E-state index contributed by atoms with van der Waals surface area (Å²) in [5.74, 6) is 0.288. The molecule has 0 aliphatic rings. The Bertz CT molecular complexity index is 952. The minimum atomic E-state index is -0.435. The van der Waals surface area contributed by atoms with Crippen LogP contribution in [0.5, 0.6) is 5.75 Å². The first-order chi connectivity index (χ1) is 12.7. The van der Waals surface area contributed by atoms with E-state index in [0.717, 1.165) is 16.9 Å². The highest BCUT2D eigenvalue weighted by molar-refractivity contribution is 5.94. The van der Waals surface area contributed by atoms with Crippen LogP contribution in [0.3, 0.4) is 0 Å². The van der Waals surface area contributed by atoms with Crippen molar-refractivity contribution in [3.8, 4) is 17.0 Å². The smallest absolute Gasteiger partial charge is 0.261 e. The number of H-pyrrole nitrogens is 1. The van der Waals surface area contributed by atoms with Gasteiger partial charge in [0.15, 0.2) is 0 Å². The summed E-state index contributed by atoms with van der Waals surface area (Å²) in [5.41, 5.74) is 1.95. The molecule has 0 saturated heterocycles. The lowest BCUT2D eigenvalue weighted by Crippen LogP contribution is -2.29. The van der Waals surface area contributed by atoms with Gasteiger partial charge in [-0.2, -0.15) is 0 Å². The topological polar surface area (TPSA) is 84.1 Å². The summed E-state index contributed by atoms with van der Waals surface area (Å²) < 4.78 is 5.54. The molecule has 1 amide bonds. The predicted molar refractivity (Wildman–Crippen MR) is 99.1 cm³/mol. The maximum atomic E-state index is 12.4. The van der Waals surface area contributed by atoms with E-state index in [4.69, 9.17) is 4.74 Å². The number of pyridine rings is 2. The van der Waals surface area contributed by atoms with Crippen LogP contribution in [0.15, 0.2) is 65.7 Å². The normalized spacial score (nSPS) is 10.3. The van der Waals surface area contributed by atoms with Crippen LogP contribution in [-0.2, 0) is 6.54 Å². The Kier molecular flexibility index (Phi) is 5.43. The standard InChI is InChI=1S/C20H19N3O3/c1-2-26-18-6-4-3-5-15(18)13-22-19(24)16-7-8-17(23-20(16)25)14-9-11-21-12-10-14/h3-12H,2,13H2,1H3,(H,22,24)(H,23,25). The Hall–Kier alpha value is -3.41. The summed E-state index contributed by atoms with van der Waals surface area (Å²) in [4.78, 5) is 31.3. The molecule has 0 fully saturated rings. The number of nitrogens with one attached hydrogen (secondary N) is 2. The Labute approximate surface area is 150 Å². The summed E-state index contributed by atoms with van der Waals surface area (Å²) in [7, 11) is 0. The summed E-state index contributed by atoms with van der Waals surface area (Å²) in [5, 5.41) is 2.77. The number of benzene rings is 1. The molecule has 0 spiro atoms. The van der Waals surface area contributed by atoms with Gasteiger partial charge in [-0.25, -0.2) is 0 Å². The molecular weight excluding hydrogens is 330 g/mol. The van der Waals surface area contributed by atoms with E-state index in [9.17, 15) is 9.59 Å². The lowest BCUT2D eigenvalue weighted by atomic mass is 10.1. The maximum absolute atomic E-state index is 12.4. The van der Waals surface area contributed by atoms with Gasteiger partial charge in [-0.1, -0.05) is 18.2 Å². The third-order valence-electron chi connectivity index (χ3n) is 3.86. The molecule has 3 rings (SSSR count). The number of hydrogen-bond donors (Lipinski definition) is 2. The van der Waals surface area contributed by atoms with Gasteiger partial charge in [0.2, 0.25) is 0 Å². The molecular formula is C20H19N3O3. The second kappa shape index (κ2) is 8.11. The molecule has 0 atom stereocenters. The number of aromatic amines is 1. The molecule has 0 unspecified atom stereocenters. The van der Waals surface area contributed by atoms with Gasteiger partial charge in [0.1, 0.15) is 11.3 Å².